The lowest BCUT2D eigenvalue weighted by atomic mass is 10.1. The summed E-state index contributed by atoms with van der Waals surface area (Å²) in [6.07, 6.45) is 5.71. The summed E-state index contributed by atoms with van der Waals surface area (Å²) < 4.78 is 1.85. The largest absolute Gasteiger partial charge is 0.357 e. The normalized spacial score (nSPS) is 15.3. The number of piperidine rings is 1. The molecule has 0 saturated carbocycles. The number of likely N-dealkylation sites (N-methyl/N-ethyl adjacent to an activating group) is 1. The van der Waals surface area contributed by atoms with E-state index >= 15 is 0 Å². The number of aromatic nitrogens is 2. The van der Waals surface area contributed by atoms with Crippen LogP contribution >= 0.6 is 24.0 Å². The zero-order chi connectivity index (χ0) is 21.3. The second-order valence-corrected chi connectivity index (χ2v) is 7.80. The van der Waals surface area contributed by atoms with Crippen molar-refractivity contribution in [1.29, 1.82) is 0 Å². The van der Waals surface area contributed by atoms with Crippen molar-refractivity contribution in [3.8, 4) is 5.69 Å². The van der Waals surface area contributed by atoms with E-state index in [1.165, 1.54) is 0 Å². The molecule has 1 amide bonds. The number of hydrogen-bond donors (Lipinski definition) is 2. The van der Waals surface area contributed by atoms with Crippen molar-refractivity contribution in [2.45, 2.75) is 32.4 Å². The van der Waals surface area contributed by atoms with E-state index in [2.05, 4.69) is 39.7 Å². The molecule has 0 bridgehead atoms. The minimum Gasteiger partial charge on any atom is -0.357 e. The Morgan fingerprint density at radius 3 is 2.68 bits per heavy atom. The van der Waals surface area contributed by atoms with E-state index in [4.69, 9.17) is 4.99 Å². The van der Waals surface area contributed by atoms with Gasteiger partial charge in [0, 0.05) is 52.2 Å². The van der Waals surface area contributed by atoms with E-state index in [-0.39, 0.29) is 29.9 Å². The van der Waals surface area contributed by atoms with Crippen molar-refractivity contribution >= 4 is 35.8 Å². The van der Waals surface area contributed by atoms with Gasteiger partial charge in [0.05, 0.1) is 18.8 Å². The van der Waals surface area contributed by atoms with Crippen LogP contribution in [0.15, 0.2) is 47.7 Å². The van der Waals surface area contributed by atoms with Gasteiger partial charge in [-0.2, -0.15) is 5.10 Å². The van der Waals surface area contributed by atoms with Crippen LogP contribution in [-0.2, 0) is 11.3 Å². The third-order valence-corrected chi connectivity index (χ3v) is 5.23. The van der Waals surface area contributed by atoms with Gasteiger partial charge in [-0.25, -0.2) is 9.67 Å². The Morgan fingerprint density at radius 2 is 2.03 bits per heavy atom. The van der Waals surface area contributed by atoms with Crippen LogP contribution in [-0.4, -0.2) is 77.8 Å². The van der Waals surface area contributed by atoms with E-state index in [9.17, 15) is 4.79 Å². The monoisotopic (exact) mass is 539 g/mol. The van der Waals surface area contributed by atoms with E-state index in [1.807, 2.05) is 29.1 Å². The summed E-state index contributed by atoms with van der Waals surface area (Å²) in [5.74, 6) is 0.999. The molecule has 1 aromatic carbocycles. The van der Waals surface area contributed by atoms with E-state index < -0.39 is 0 Å². The van der Waals surface area contributed by atoms with Gasteiger partial charge >= 0.3 is 0 Å². The summed E-state index contributed by atoms with van der Waals surface area (Å²) in [5.41, 5.74) is 2.17. The Bertz CT molecular complexity index is 830. The third-order valence-electron chi connectivity index (χ3n) is 5.23. The fourth-order valence-corrected chi connectivity index (χ4v) is 3.47. The Labute approximate surface area is 202 Å². The van der Waals surface area contributed by atoms with Gasteiger partial charge in [0.2, 0.25) is 5.91 Å². The molecule has 3 rings (SSSR count). The van der Waals surface area contributed by atoms with Crippen molar-refractivity contribution in [2.24, 2.45) is 4.99 Å². The number of nitrogens with zero attached hydrogens (tertiary/aromatic N) is 5. The summed E-state index contributed by atoms with van der Waals surface area (Å²) in [4.78, 5) is 20.6. The molecule has 2 heterocycles. The van der Waals surface area contributed by atoms with E-state index in [0.717, 1.165) is 49.7 Å². The number of likely N-dealkylation sites (tertiary alicyclic amines) is 1. The Hall–Kier alpha value is -2.14. The molecule has 0 radical (unpaired) electrons. The second kappa shape index (κ2) is 12.7. The molecule has 8 nitrogen and oxygen atoms in total. The number of hydrogen-bond acceptors (Lipinski definition) is 4. The van der Waals surface area contributed by atoms with Gasteiger partial charge in [0.25, 0.3) is 0 Å². The molecule has 0 aliphatic carbocycles. The average molecular weight is 539 g/mol. The van der Waals surface area contributed by atoms with Crippen molar-refractivity contribution in [1.82, 2.24) is 30.2 Å². The first-order valence-electron chi connectivity index (χ1n) is 10.6. The molecule has 9 heteroatoms. The maximum Gasteiger partial charge on any atom is 0.236 e. The van der Waals surface area contributed by atoms with Crippen molar-refractivity contribution in [3.63, 3.8) is 0 Å². The fraction of sp³-hybridized carbons (Fsp3) is 0.500. The number of carbonyl (C=O) groups excluding carboxylic acids is 1. The topological polar surface area (TPSA) is 77.8 Å². The standard InChI is InChI=1S/C22H33N7O.HI/c1-4-23-22(26-19-9-13-28(14-10-19)17-21(30)27(2)3)24-16-18-7-5-8-20(15-18)29-12-6-11-25-29;/h5-8,11-12,15,19H,4,9-10,13-14,16-17H2,1-3H3,(H2,23,24,26);1H. The first-order chi connectivity index (χ1) is 14.5. The lowest BCUT2D eigenvalue weighted by Gasteiger charge is -2.33. The van der Waals surface area contributed by atoms with E-state index in [0.29, 0.717) is 19.1 Å². The molecule has 170 valence electrons. The molecule has 2 N–H and O–H groups in total. The summed E-state index contributed by atoms with van der Waals surface area (Å²) in [6, 6.07) is 10.6. The van der Waals surface area contributed by atoms with Gasteiger partial charge in [-0.15, -0.1) is 24.0 Å². The molecule has 1 fully saturated rings. The van der Waals surface area contributed by atoms with Crippen LogP contribution in [0.2, 0.25) is 0 Å². The van der Waals surface area contributed by atoms with Gasteiger partial charge in [0.15, 0.2) is 5.96 Å². The van der Waals surface area contributed by atoms with E-state index in [1.54, 1.807) is 25.2 Å². The molecule has 2 aromatic rings. The molecular formula is C22H34IN7O. The summed E-state index contributed by atoms with van der Waals surface area (Å²) in [7, 11) is 3.61. The lowest BCUT2D eigenvalue weighted by Crippen LogP contribution is -2.50. The highest BCUT2D eigenvalue weighted by atomic mass is 127. The first kappa shape index (κ1) is 25.1. The van der Waals surface area contributed by atoms with Gasteiger partial charge < -0.3 is 15.5 Å². The quantitative estimate of drug-likeness (QED) is 0.320. The number of carbonyl (C=O) groups is 1. The molecule has 31 heavy (non-hydrogen) atoms. The lowest BCUT2D eigenvalue weighted by molar-refractivity contribution is -0.130. The van der Waals surface area contributed by atoms with Crippen molar-refractivity contribution in [3.05, 3.63) is 48.3 Å². The number of rotatable bonds is 7. The van der Waals surface area contributed by atoms with Gasteiger partial charge in [-0.1, -0.05) is 12.1 Å². The minimum atomic E-state index is 0. The number of halogens is 1. The van der Waals surface area contributed by atoms with Crippen LogP contribution in [0, 0.1) is 0 Å². The smallest absolute Gasteiger partial charge is 0.236 e. The molecule has 0 spiro atoms. The Kier molecular flexibility index (Phi) is 10.3. The summed E-state index contributed by atoms with van der Waals surface area (Å²) in [5, 5.41) is 11.2. The number of nitrogens with one attached hydrogen (secondary N) is 2. The number of aliphatic imine (C=N–C) groups is 1. The molecular weight excluding hydrogens is 505 g/mol. The van der Waals surface area contributed by atoms with Crippen molar-refractivity contribution in [2.75, 3.05) is 40.3 Å². The van der Waals surface area contributed by atoms with Gasteiger partial charge in [-0.3, -0.25) is 9.69 Å². The van der Waals surface area contributed by atoms with Gasteiger partial charge in [0.1, 0.15) is 0 Å². The highest BCUT2D eigenvalue weighted by Gasteiger charge is 2.22. The summed E-state index contributed by atoms with van der Waals surface area (Å²) in [6.45, 7) is 5.83. The van der Waals surface area contributed by atoms with Crippen LogP contribution < -0.4 is 10.6 Å². The molecule has 1 aliphatic rings. The van der Waals surface area contributed by atoms with Crippen LogP contribution in [0.3, 0.4) is 0 Å². The number of benzene rings is 1. The van der Waals surface area contributed by atoms with Crippen LogP contribution in [0.4, 0.5) is 0 Å². The zero-order valence-electron chi connectivity index (χ0n) is 18.6. The van der Waals surface area contributed by atoms with Crippen LogP contribution in [0.5, 0.6) is 0 Å². The predicted octanol–water partition coefficient (Wildman–Crippen LogP) is 2.10. The number of guanidine groups is 1. The molecule has 1 aromatic heterocycles. The zero-order valence-corrected chi connectivity index (χ0v) is 21.0. The predicted molar refractivity (Wildman–Crippen MR) is 135 cm³/mol. The van der Waals surface area contributed by atoms with Crippen LogP contribution in [0.1, 0.15) is 25.3 Å². The third kappa shape index (κ3) is 7.80. The molecule has 0 atom stereocenters. The Balaban J connectivity index is 0.00000341. The van der Waals surface area contributed by atoms with Gasteiger partial charge in [-0.05, 0) is 43.5 Å². The highest BCUT2D eigenvalue weighted by molar-refractivity contribution is 14.0. The molecule has 0 unspecified atom stereocenters. The number of amides is 1. The second-order valence-electron chi connectivity index (χ2n) is 7.80. The SMILES string of the molecule is CCNC(=NCc1cccc(-n2cccn2)c1)NC1CCN(CC(=O)N(C)C)CC1.I. The molecule has 1 aliphatic heterocycles. The Morgan fingerprint density at radius 1 is 1.26 bits per heavy atom. The average Bonchev–Trinajstić information content (AvgIpc) is 3.29. The van der Waals surface area contributed by atoms with Crippen LogP contribution in [0.25, 0.3) is 5.69 Å². The highest BCUT2D eigenvalue weighted by Crippen LogP contribution is 2.12. The fourth-order valence-electron chi connectivity index (χ4n) is 3.47. The minimum absolute atomic E-state index is 0. The first-order valence-corrected chi connectivity index (χ1v) is 10.6. The maximum absolute atomic E-state index is 11.9. The maximum atomic E-state index is 11.9. The molecule has 1 saturated heterocycles. The van der Waals surface area contributed by atoms with Crippen molar-refractivity contribution < 1.29 is 4.79 Å². The summed E-state index contributed by atoms with van der Waals surface area (Å²) >= 11 is 0.